The summed E-state index contributed by atoms with van der Waals surface area (Å²) < 4.78 is 69.3. The predicted octanol–water partition coefficient (Wildman–Crippen LogP) is 7.88. The van der Waals surface area contributed by atoms with Gasteiger partial charge in [0.2, 0.25) is 0 Å². The molecule has 5 atom stereocenters. The second-order valence-corrected chi connectivity index (χ2v) is 18.7. The Kier molecular flexibility index (Phi) is 8.70. The molecule has 8 rings (SSSR count). The minimum absolute atomic E-state index is 0.0260. The molecule has 0 amide bonds. The van der Waals surface area contributed by atoms with Gasteiger partial charge in [-0.2, -0.15) is 16.8 Å². The van der Waals surface area contributed by atoms with Crippen molar-refractivity contribution in [1.29, 1.82) is 0 Å². The monoisotopic (exact) mass is 754 g/mol. The average molecular weight is 755 g/mol. The second kappa shape index (κ2) is 12.9. The van der Waals surface area contributed by atoms with Crippen LogP contribution in [-0.4, -0.2) is 56.2 Å². The Bertz CT molecular complexity index is 2480. The predicted molar refractivity (Wildman–Crippen MR) is 209 cm³/mol. The van der Waals surface area contributed by atoms with Crippen molar-refractivity contribution >= 4 is 53.2 Å². The summed E-state index contributed by atoms with van der Waals surface area (Å²) in [5.74, 6) is 0.470. The number of rotatable bonds is 8. The van der Waals surface area contributed by atoms with Crippen LogP contribution in [0.25, 0.3) is 21.5 Å². The summed E-state index contributed by atoms with van der Waals surface area (Å²) in [7, 11) is -1.39. The maximum absolute atomic E-state index is 14.4. The maximum atomic E-state index is 14.4. The third-order valence-corrected chi connectivity index (χ3v) is 14.9. The Hall–Kier alpha value is -4.32. The van der Waals surface area contributed by atoms with Crippen LogP contribution in [-0.2, 0) is 26.7 Å². The van der Waals surface area contributed by atoms with E-state index in [4.69, 9.17) is 8.37 Å². The fraction of sp³-hybridized carbons (Fsp3) is 0.381. The van der Waals surface area contributed by atoms with E-state index >= 15 is 0 Å². The van der Waals surface area contributed by atoms with Crippen molar-refractivity contribution < 1.29 is 30.3 Å². The number of aliphatic hydroxyl groups excluding tert-OH is 1. The van der Waals surface area contributed by atoms with Crippen LogP contribution >= 0.6 is 0 Å². The number of fused-ring (bicyclic) bond motifs is 7. The highest BCUT2D eigenvalue weighted by molar-refractivity contribution is 7.87. The molecule has 0 saturated heterocycles. The zero-order chi connectivity index (χ0) is 37.4. The van der Waals surface area contributed by atoms with Crippen LogP contribution in [0.5, 0.6) is 11.5 Å². The molecule has 1 N–H and O–H groups in total. The van der Waals surface area contributed by atoms with E-state index in [1.807, 2.05) is 62.3 Å². The average Bonchev–Trinajstić information content (AvgIpc) is 3.43. The molecule has 0 unspecified atom stereocenters. The van der Waals surface area contributed by atoms with Gasteiger partial charge in [0.15, 0.2) is 11.5 Å². The van der Waals surface area contributed by atoms with Crippen molar-refractivity contribution in [3.8, 4) is 11.5 Å². The lowest BCUT2D eigenvalue weighted by atomic mass is 9.55. The van der Waals surface area contributed by atoms with Crippen molar-refractivity contribution in [3.63, 3.8) is 0 Å². The summed E-state index contributed by atoms with van der Waals surface area (Å²) in [5.41, 5.74) is 3.46. The van der Waals surface area contributed by atoms with Crippen molar-refractivity contribution in [2.45, 2.75) is 67.3 Å². The number of benzene rings is 5. The second-order valence-electron chi connectivity index (χ2n) is 15.7. The normalized spacial score (nSPS) is 24.0. The molecule has 0 heterocycles. The molecule has 11 heteroatoms. The van der Waals surface area contributed by atoms with Crippen molar-refractivity contribution in [1.82, 2.24) is 0 Å². The van der Waals surface area contributed by atoms with Crippen LogP contribution < -0.4 is 18.2 Å². The molecule has 278 valence electrons. The summed E-state index contributed by atoms with van der Waals surface area (Å²) in [4.78, 5) is 3.79. The lowest BCUT2D eigenvalue weighted by Crippen LogP contribution is -2.43. The fourth-order valence-corrected chi connectivity index (χ4v) is 12.0. The van der Waals surface area contributed by atoms with Gasteiger partial charge in [-0.25, -0.2) is 0 Å². The molecule has 0 spiro atoms. The summed E-state index contributed by atoms with van der Waals surface area (Å²) in [5, 5.41) is 13.4. The molecule has 0 radical (unpaired) electrons. The fourth-order valence-electron chi connectivity index (χ4n) is 9.75. The van der Waals surface area contributed by atoms with Gasteiger partial charge < -0.3 is 23.3 Å². The van der Waals surface area contributed by atoms with E-state index in [-0.39, 0.29) is 38.7 Å². The highest BCUT2D eigenvalue weighted by atomic mass is 32.2. The van der Waals surface area contributed by atoms with Crippen LogP contribution in [0.1, 0.15) is 56.1 Å². The van der Waals surface area contributed by atoms with E-state index in [1.165, 1.54) is 12.1 Å². The van der Waals surface area contributed by atoms with Crippen molar-refractivity contribution in [2.24, 2.45) is 17.3 Å². The highest BCUT2D eigenvalue weighted by Crippen LogP contribution is 2.61. The molecule has 9 nitrogen and oxygen atoms in total. The Labute approximate surface area is 312 Å². The van der Waals surface area contributed by atoms with Crippen LogP contribution in [0.4, 0.5) is 11.4 Å². The Morgan fingerprint density at radius 3 is 1.72 bits per heavy atom. The number of hydrogen-bond acceptors (Lipinski definition) is 9. The highest BCUT2D eigenvalue weighted by Gasteiger charge is 2.54. The summed E-state index contributed by atoms with van der Waals surface area (Å²) in [6, 6.07) is 24.4. The smallest absolute Gasteiger partial charge is 0.339 e. The molecule has 2 saturated carbocycles. The molecule has 5 aromatic carbocycles. The largest absolute Gasteiger partial charge is 0.393 e. The molecule has 5 aromatic rings. The minimum atomic E-state index is -4.49. The maximum Gasteiger partial charge on any atom is 0.339 e. The van der Waals surface area contributed by atoms with Crippen LogP contribution in [0.3, 0.4) is 0 Å². The van der Waals surface area contributed by atoms with Crippen LogP contribution in [0.15, 0.2) is 94.7 Å². The zero-order valence-corrected chi connectivity index (χ0v) is 32.4. The molecule has 2 fully saturated rings. The summed E-state index contributed by atoms with van der Waals surface area (Å²) in [6.07, 6.45) is 4.71. The van der Waals surface area contributed by atoms with E-state index in [0.717, 1.165) is 65.4 Å². The van der Waals surface area contributed by atoms with Gasteiger partial charge in [-0.1, -0.05) is 55.5 Å². The third-order valence-electron chi connectivity index (χ3n) is 12.4. The SMILES string of the molecule is CN(C)c1cccc2c(S(=O)(=O)Oc3cc4c(cc3OS(=O)(=O)c3cccc5c(N(C)C)cccc35)[C@H]3CC[C@]5(C)[C@@H](O)CC[C@H]5[C@@H]3CC4)cccc12. The summed E-state index contributed by atoms with van der Waals surface area (Å²) in [6.45, 7) is 2.21. The number of hydrogen-bond donors (Lipinski definition) is 1. The van der Waals surface area contributed by atoms with Gasteiger partial charge in [-0.05, 0) is 109 Å². The Morgan fingerprint density at radius 2 is 1.17 bits per heavy atom. The number of nitrogens with zero attached hydrogens (tertiary/aromatic N) is 2. The van der Waals surface area contributed by atoms with E-state index in [9.17, 15) is 21.9 Å². The lowest BCUT2D eigenvalue weighted by molar-refractivity contribution is -0.0226. The minimum Gasteiger partial charge on any atom is -0.393 e. The van der Waals surface area contributed by atoms with E-state index in [1.54, 1.807) is 48.5 Å². The van der Waals surface area contributed by atoms with Crippen molar-refractivity contribution in [3.05, 3.63) is 96.1 Å². The van der Waals surface area contributed by atoms with Gasteiger partial charge in [-0.15, -0.1) is 0 Å². The topological polar surface area (TPSA) is 113 Å². The van der Waals surface area contributed by atoms with E-state index in [0.29, 0.717) is 29.0 Å². The quantitative estimate of drug-likeness (QED) is 0.158. The molecular formula is C42H46N2O7S2. The van der Waals surface area contributed by atoms with Gasteiger partial charge in [0.05, 0.1) is 6.10 Å². The summed E-state index contributed by atoms with van der Waals surface area (Å²) >= 11 is 0. The molecule has 3 aliphatic rings. The lowest BCUT2D eigenvalue weighted by Gasteiger charge is -2.50. The molecule has 0 bridgehead atoms. The van der Waals surface area contributed by atoms with Crippen molar-refractivity contribution in [2.75, 3.05) is 38.0 Å². The van der Waals surface area contributed by atoms with Gasteiger partial charge >= 0.3 is 20.2 Å². The Morgan fingerprint density at radius 1 is 0.660 bits per heavy atom. The first-order valence-corrected chi connectivity index (χ1v) is 21.1. The molecule has 0 aromatic heterocycles. The van der Waals surface area contributed by atoms with Gasteiger partial charge in [0.1, 0.15) is 9.79 Å². The number of aliphatic hydroxyl groups is 1. The first-order chi connectivity index (χ1) is 25.2. The Balaban J connectivity index is 1.25. The van der Waals surface area contributed by atoms with Crippen LogP contribution in [0, 0.1) is 17.3 Å². The molecular weight excluding hydrogens is 709 g/mol. The van der Waals surface area contributed by atoms with Gasteiger partial charge in [0.25, 0.3) is 0 Å². The molecule has 53 heavy (non-hydrogen) atoms. The first kappa shape index (κ1) is 35.7. The zero-order valence-electron chi connectivity index (χ0n) is 30.7. The van der Waals surface area contributed by atoms with Gasteiger partial charge in [0, 0.05) is 61.1 Å². The number of anilines is 2. The van der Waals surface area contributed by atoms with Gasteiger partial charge in [-0.3, -0.25) is 0 Å². The van der Waals surface area contributed by atoms with Crippen LogP contribution in [0.2, 0.25) is 0 Å². The molecule has 3 aliphatic carbocycles. The number of aryl methyl sites for hydroxylation is 1. The third kappa shape index (κ3) is 5.92. The molecule has 0 aliphatic heterocycles. The van der Waals surface area contributed by atoms with E-state index in [2.05, 4.69) is 6.92 Å². The van der Waals surface area contributed by atoms with E-state index < -0.39 is 20.2 Å². The standard InChI is InChI=1S/C42H46N2O7S2/c1-42-23-22-27-28(34(42)20-21-41(42)45)19-18-26-24-37(50-52(46,47)39-16-8-10-29-31(39)12-6-14-35(29)43(2)3)38(25-33(26)27)51-53(48,49)40-17-9-11-30-32(40)13-7-15-36(30)44(4)5/h6-17,24-25,27-28,34,41,45H,18-23H2,1-5H3/t27-,28+,34-,41-,42-/m0/s1. The first-order valence-electron chi connectivity index (χ1n) is 18.3.